The molecule has 0 rings (SSSR count). The van der Waals surface area contributed by atoms with Crippen LogP contribution in [0.25, 0.3) is 0 Å². The summed E-state index contributed by atoms with van der Waals surface area (Å²) in [6, 6.07) is 0. The van der Waals surface area contributed by atoms with E-state index in [9.17, 15) is 9.90 Å². The van der Waals surface area contributed by atoms with Gasteiger partial charge in [-0.1, -0.05) is 20.8 Å². The van der Waals surface area contributed by atoms with Gasteiger partial charge in [0, 0.05) is 5.41 Å². The molecule has 0 aliphatic rings. The van der Waals surface area contributed by atoms with Crippen molar-refractivity contribution < 1.29 is 14.6 Å². The molecule has 0 aromatic carbocycles. The van der Waals surface area contributed by atoms with E-state index in [1.807, 2.05) is 20.8 Å². The molecule has 0 bridgehead atoms. The molecule has 0 heterocycles. The SMILES string of the molecule is CCOC(=O)/C=C(\O)C(C)(C)C. The first-order chi connectivity index (χ1) is 5.38. The second-order valence-electron chi connectivity index (χ2n) is 3.53. The number of aliphatic hydroxyl groups excluding tert-OH is 1. The molecule has 0 aromatic rings. The maximum Gasteiger partial charge on any atom is 0.334 e. The van der Waals surface area contributed by atoms with Gasteiger partial charge in [0.15, 0.2) is 0 Å². The van der Waals surface area contributed by atoms with Crippen LogP contribution < -0.4 is 0 Å². The summed E-state index contributed by atoms with van der Waals surface area (Å²) in [6.45, 7) is 7.50. The Labute approximate surface area is 73.0 Å². The zero-order chi connectivity index (χ0) is 9.78. The summed E-state index contributed by atoms with van der Waals surface area (Å²) < 4.78 is 4.63. The molecule has 0 atom stereocenters. The highest BCUT2D eigenvalue weighted by atomic mass is 16.5. The summed E-state index contributed by atoms with van der Waals surface area (Å²) in [5, 5.41) is 9.34. The Kier molecular flexibility index (Phi) is 3.80. The van der Waals surface area contributed by atoms with Gasteiger partial charge in [-0.3, -0.25) is 0 Å². The van der Waals surface area contributed by atoms with Crippen molar-refractivity contribution >= 4 is 5.97 Å². The van der Waals surface area contributed by atoms with E-state index in [-0.39, 0.29) is 5.76 Å². The third-order valence-electron chi connectivity index (χ3n) is 1.31. The normalized spacial score (nSPS) is 12.8. The van der Waals surface area contributed by atoms with Crippen LogP contribution in [0.2, 0.25) is 0 Å². The molecule has 3 nitrogen and oxygen atoms in total. The van der Waals surface area contributed by atoms with Crippen LogP contribution in [0.1, 0.15) is 27.7 Å². The van der Waals surface area contributed by atoms with Gasteiger partial charge in [-0.05, 0) is 6.92 Å². The van der Waals surface area contributed by atoms with E-state index < -0.39 is 11.4 Å². The second kappa shape index (κ2) is 4.14. The van der Waals surface area contributed by atoms with Crippen molar-refractivity contribution in [3.05, 3.63) is 11.8 Å². The molecule has 0 aliphatic heterocycles. The second-order valence-corrected chi connectivity index (χ2v) is 3.53. The first-order valence-corrected chi connectivity index (χ1v) is 3.95. The lowest BCUT2D eigenvalue weighted by Gasteiger charge is -2.16. The lowest BCUT2D eigenvalue weighted by atomic mass is 9.94. The molecular weight excluding hydrogens is 156 g/mol. The Balaban J connectivity index is 4.26. The summed E-state index contributed by atoms with van der Waals surface area (Å²) in [7, 11) is 0. The van der Waals surface area contributed by atoms with Gasteiger partial charge in [0.05, 0.1) is 12.7 Å². The highest BCUT2D eigenvalue weighted by Crippen LogP contribution is 2.22. The molecule has 0 saturated heterocycles. The van der Waals surface area contributed by atoms with Crippen LogP contribution >= 0.6 is 0 Å². The van der Waals surface area contributed by atoms with Crippen LogP contribution in [0, 0.1) is 5.41 Å². The van der Waals surface area contributed by atoms with Gasteiger partial charge in [0.1, 0.15) is 5.76 Å². The Morgan fingerprint density at radius 2 is 2.00 bits per heavy atom. The molecule has 0 unspecified atom stereocenters. The maximum atomic E-state index is 10.8. The molecule has 0 fully saturated rings. The summed E-state index contributed by atoms with van der Waals surface area (Å²) in [5.41, 5.74) is -0.396. The average Bonchev–Trinajstić information content (AvgIpc) is 1.85. The summed E-state index contributed by atoms with van der Waals surface area (Å²) >= 11 is 0. The molecule has 0 aromatic heterocycles. The van der Waals surface area contributed by atoms with Gasteiger partial charge < -0.3 is 9.84 Å². The maximum absolute atomic E-state index is 10.8. The lowest BCUT2D eigenvalue weighted by Crippen LogP contribution is -2.11. The van der Waals surface area contributed by atoms with E-state index in [0.29, 0.717) is 6.61 Å². The number of carbonyl (C=O) groups excluding carboxylic acids is 1. The Bertz CT molecular complexity index is 186. The van der Waals surface area contributed by atoms with E-state index in [1.165, 1.54) is 0 Å². The van der Waals surface area contributed by atoms with Crippen molar-refractivity contribution in [1.29, 1.82) is 0 Å². The van der Waals surface area contributed by atoms with Crippen LogP contribution in [-0.4, -0.2) is 17.7 Å². The van der Waals surface area contributed by atoms with E-state index in [1.54, 1.807) is 6.92 Å². The lowest BCUT2D eigenvalue weighted by molar-refractivity contribution is -0.137. The van der Waals surface area contributed by atoms with Crippen molar-refractivity contribution in [2.75, 3.05) is 6.61 Å². The van der Waals surface area contributed by atoms with Crippen molar-refractivity contribution in [2.24, 2.45) is 5.41 Å². The Morgan fingerprint density at radius 3 is 2.33 bits per heavy atom. The molecule has 0 amide bonds. The largest absolute Gasteiger partial charge is 0.511 e. The predicted octanol–water partition coefficient (Wildman–Crippen LogP) is 2.04. The monoisotopic (exact) mass is 172 g/mol. The first-order valence-electron chi connectivity index (χ1n) is 3.95. The Morgan fingerprint density at radius 1 is 1.50 bits per heavy atom. The van der Waals surface area contributed by atoms with Crippen LogP contribution in [0.3, 0.4) is 0 Å². The van der Waals surface area contributed by atoms with Gasteiger partial charge in [-0.2, -0.15) is 0 Å². The standard InChI is InChI=1S/C9H16O3/c1-5-12-8(11)6-7(10)9(2,3)4/h6,10H,5H2,1-4H3/b7-6-. The molecule has 0 aliphatic carbocycles. The molecular formula is C9H16O3. The number of hydrogen-bond donors (Lipinski definition) is 1. The highest BCUT2D eigenvalue weighted by molar-refractivity contribution is 5.82. The fourth-order valence-corrected chi connectivity index (χ4v) is 0.512. The molecule has 1 N–H and O–H groups in total. The minimum absolute atomic E-state index is 0.0425. The van der Waals surface area contributed by atoms with Crippen LogP contribution in [0.5, 0.6) is 0 Å². The summed E-state index contributed by atoms with van der Waals surface area (Å²) in [6.07, 6.45) is 1.11. The van der Waals surface area contributed by atoms with Crippen LogP contribution in [0.15, 0.2) is 11.8 Å². The molecule has 0 spiro atoms. The fraction of sp³-hybridized carbons (Fsp3) is 0.667. The number of carbonyl (C=O) groups is 1. The smallest absolute Gasteiger partial charge is 0.334 e. The average molecular weight is 172 g/mol. The van der Waals surface area contributed by atoms with Gasteiger partial charge in [0.25, 0.3) is 0 Å². The van der Waals surface area contributed by atoms with E-state index in [4.69, 9.17) is 0 Å². The zero-order valence-electron chi connectivity index (χ0n) is 8.05. The van der Waals surface area contributed by atoms with Crippen molar-refractivity contribution in [1.82, 2.24) is 0 Å². The topological polar surface area (TPSA) is 46.5 Å². The van der Waals surface area contributed by atoms with Gasteiger partial charge in [0.2, 0.25) is 0 Å². The van der Waals surface area contributed by atoms with Gasteiger partial charge in [-0.25, -0.2) is 4.79 Å². The number of ether oxygens (including phenoxy) is 1. The fourth-order valence-electron chi connectivity index (χ4n) is 0.512. The number of rotatable bonds is 2. The van der Waals surface area contributed by atoms with Crippen molar-refractivity contribution in [2.45, 2.75) is 27.7 Å². The van der Waals surface area contributed by atoms with E-state index >= 15 is 0 Å². The highest BCUT2D eigenvalue weighted by Gasteiger charge is 2.17. The van der Waals surface area contributed by atoms with Gasteiger partial charge in [-0.15, -0.1) is 0 Å². The predicted molar refractivity (Wildman–Crippen MR) is 46.8 cm³/mol. The molecule has 3 heteroatoms. The van der Waals surface area contributed by atoms with Crippen molar-refractivity contribution in [3.63, 3.8) is 0 Å². The summed E-state index contributed by atoms with van der Waals surface area (Å²) in [4.78, 5) is 10.8. The van der Waals surface area contributed by atoms with E-state index in [2.05, 4.69) is 4.74 Å². The number of allylic oxidation sites excluding steroid dienone is 1. The minimum atomic E-state index is -0.495. The van der Waals surface area contributed by atoms with E-state index in [0.717, 1.165) is 6.08 Å². The third-order valence-corrected chi connectivity index (χ3v) is 1.31. The number of esters is 1. The third kappa shape index (κ3) is 4.01. The molecule has 0 radical (unpaired) electrons. The number of hydrogen-bond acceptors (Lipinski definition) is 3. The zero-order valence-corrected chi connectivity index (χ0v) is 8.05. The molecule has 70 valence electrons. The summed E-state index contributed by atoms with van der Waals surface area (Å²) in [5.74, 6) is -0.453. The quantitative estimate of drug-likeness (QED) is 0.394. The van der Waals surface area contributed by atoms with Crippen LogP contribution in [0.4, 0.5) is 0 Å². The van der Waals surface area contributed by atoms with Crippen molar-refractivity contribution in [3.8, 4) is 0 Å². The number of aliphatic hydroxyl groups is 1. The van der Waals surface area contributed by atoms with Crippen LogP contribution in [-0.2, 0) is 9.53 Å². The molecule has 0 saturated carbocycles. The molecule has 12 heavy (non-hydrogen) atoms. The first kappa shape index (κ1) is 11.0. The van der Waals surface area contributed by atoms with Gasteiger partial charge >= 0.3 is 5.97 Å². The Hall–Kier alpha value is -0.990. The minimum Gasteiger partial charge on any atom is -0.511 e.